The molecule has 0 aliphatic heterocycles. The minimum Gasteiger partial charge on any atom is -0.436 e. The summed E-state index contributed by atoms with van der Waals surface area (Å²) in [6.07, 6.45) is -2.02. The zero-order valence-corrected chi connectivity index (χ0v) is 15.2. The van der Waals surface area contributed by atoms with Crippen molar-refractivity contribution in [2.75, 3.05) is 0 Å². The molecule has 0 aliphatic carbocycles. The Labute approximate surface area is 160 Å². The number of primary amides is 1. The Kier molecular flexibility index (Phi) is 8.00. The average Bonchev–Trinajstić information content (AvgIpc) is 2.63. The number of hydrogen-bond donors (Lipinski definition) is 7. The van der Waals surface area contributed by atoms with Gasteiger partial charge in [-0.25, -0.2) is 9.71 Å². The Morgan fingerprint density at radius 2 is 1.64 bits per heavy atom. The molecule has 9 nitrogen and oxygen atoms in total. The molecule has 1 amide bonds. The number of amides is 1. The van der Waals surface area contributed by atoms with Crippen LogP contribution in [0.1, 0.15) is 25.0 Å². The molecule has 0 aromatic heterocycles. The van der Waals surface area contributed by atoms with E-state index in [4.69, 9.17) is 10.5 Å². The number of carbonyl (C=O) groups is 1. The van der Waals surface area contributed by atoms with E-state index in [9.17, 15) is 34.7 Å². The Hall–Kier alpha value is -2.60. The first kappa shape index (κ1) is 23.4. The van der Waals surface area contributed by atoms with Gasteiger partial charge in [-0.15, -0.1) is 0 Å². The van der Waals surface area contributed by atoms with E-state index in [-0.39, 0.29) is 16.9 Å². The minimum atomic E-state index is -2.83. The largest absolute Gasteiger partial charge is 0.436 e. The van der Waals surface area contributed by atoms with E-state index in [2.05, 4.69) is 0 Å². The highest BCUT2D eigenvalue weighted by Gasteiger charge is 2.32. The summed E-state index contributed by atoms with van der Waals surface area (Å²) < 4.78 is 18.2. The average molecular weight is 398 g/mol. The van der Waals surface area contributed by atoms with Crippen LogP contribution in [0.3, 0.4) is 0 Å². The van der Waals surface area contributed by atoms with Crippen molar-refractivity contribution in [3.05, 3.63) is 65.5 Å². The van der Waals surface area contributed by atoms with Crippen molar-refractivity contribution in [2.45, 2.75) is 32.0 Å². The highest BCUT2D eigenvalue weighted by molar-refractivity contribution is 5.78. The van der Waals surface area contributed by atoms with E-state index < -0.39 is 29.8 Å². The van der Waals surface area contributed by atoms with E-state index in [0.717, 1.165) is 36.4 Å². The Balaban J connectivity index is 0.00000190. The number of benzene rings is 2. The molecule has 2 aromatic carbocycles. The number of nitrogens with two attached hydrogens (primary N) is 1. The number of aliphatic hydroxyl groups is 5. The molecule has 28 heavy (non-hydrogen) atoms. The van der Waals surface area contributed by atoms with Crippen molar-refractivity contribution in [1.29, 1.82) is 0 Å². The van der Waals surface area contributed by atoms with Crippen LogP contribution in [0.5, 0.6) is 5.75 Å². The van der Waals surface area contributed by atoms with Gasteiger partial charge >= 0.3 is 5.97 Å². The summed E-state index contributed by atoms with van der Waals surface area (Å²) in [5, 5.41) is 50.6. The zero-order valence-electron chi connectivity index (χ0n) is 15.2. The molecule has 0 saturated carbocycles. The quantitative estimate of drug-likeness (QED) is 0.307. The zero-order chi connectivity index (χ0) is 21.5. The van der Waals surface area contributed by atoms with Crippen molar-refractivity contribution in [1.82, 2.24) is 5.32 Å². The first-order chi connectivity index (χ1) is 13.0. The van der Waals surface area contributed by atoms with Crippen molar-refractivity contribution in [2.24, 2.45) is 5.73 Å². The maximum atomic E-state index is 13.2. The van der Waals surface area contributed by atoms with Crippen LogP contribution in [0, 0.1) is 5.82 Å². The maximum absolute atomic E-state index is 13.2. The summed E-state index contributed by atoms with van der Waals surface area (Å²) >= 11 is 0. The number of hydrogen-bond acceptors (Lipinski definition) is 8. The molecule has 0 fully saturated rings. The highest BCUT2D eigenvalue weighted by atomic mass is 19.1. The fourth-order valence-electron chi connectivity index (χ4n) is 2.01. The third-order valence-corrected chi connectivity index (χ3v) is 3.33. The molecular weight excluding hydrogens is 375 g/mol. The lowest BCUT2D eigenvalue weighted by Gasteiger charge is -2.26. The normalized spacial score (nSPS) is 12.6. The molecule has 2 aromatic rings. The van der Waals surface area contributed by atoms with E-state index in [1.54, 1.807) is 5.32 Å². The second kappa shape index (κ2) is 9.55. The van der Waals surface area contributed by atoms with Crippen LogP contribution in [-0.4, -0.2) is 37.7 Å². The molecule has 2 rings (SSSR count). The summed E-state index contributed by atoms with van der Waals surface area (Å²) in [5.41, 5.74) is 4.34. The van der Waals surface area contributed by atoms with Crippen LogP contribution in [0.25, 0.3) is 0 Å². The van der Waals surface area contributed by atoms with Gasteiger partial charge in [0.25, 0.3) is 11.8 Å². The Bertz CT molecular complexity index is 782. The molecule has 154 valence electrons. The lowest BCUT2D eigenvalue weighted by molar-refractivity contribution is -0.304. The van der Waals surface area contributed by atoms with Crippen molar-refractivity contribution < 1.29 is 39.5 Å². The molecule has 0 spiro atoms. The topological polar surface area (TPSA) is 166 Å². The lowest BCUT2D eigenvalue weighted by atomic mass is 10.1. The molecule has 8 N–H and O–H groups in total. The first-order valence-electron chi connectivity index (χ1n) is 8.21. The van der Waals surface area contributed by atoms with Gasteiger partial charge in [0, 0.05) is 5.56 Å². The summed E-state index contributed by atoms with van der Waals surface area (Å²) in [5.74, 6) is -7.66. The van der Waals surface area contributed by atoms with E-state index in [1.807, 2.05) is 13.8 Å². The highest BCUT2D eigenvalue weighted by Crippen LogP contribution is 2.26. The standard InChI is InChI=1S/C16H17FN2O7.C2H6/c17-11-3-1-2-10(8-11)16(24,25)26-12-6-4-9(5-7-12)15(22,23)19-14(21)13(18)20;1-2/h1-8,14,19,21-25H,(H2,18,20);1-2H3. The molecular formula is C18H23FN2O7. The minimum absolute atomic E-state index is 0.103. The van der Waals surface area contributed by atoms with Gasteiger partial charge in [0.15, 0.2) is 6.23 Å². The van der Waals surface area contributed by atoms with Gasteiger partial charge in [0.2, 0.25) is 0 Å². The van der Waals surface area contributed by atoms with Gasteiger partial charge in [-0.05, 0) is 42.5 Å². The van der Waals surface area contributed by atoms with Crippen molar-refractivity contribution in [3.63, 3.8) is 0 Å². The molecule has 1 unspecified atom stereocenters. The van der Waals surface area contributed by atoms with Crippen molar-refractivity contribution in [3.8, 4) is 5.75 Å². The van der Waals surface area contributed by atoms with Crippen molar-refractivity contribution >= 4 is 5.91 Å². The molecule has 1 atom stereocenters. The third-order valence-electron chi connectivity index (χ3n) is 3.33. The van der Waals surface area contributed by atoms with Crippen LogP contribution in [-0.2, 0) is 16.7 Å². The van der Waals surface area contributed by atoms with Crippen LogP contribution < -0.4 is 15.8 Å². The lowest BCUT2D eigenvalue weighted by Crippen LogP contribution is -2.52. The van der Waals surface area contributed by atoms with E-state index in [1.165, 1.54) is 12.1 Å². The molecule has 0 saturated heterocycles. The summed E-state index contributed by atoms with van der Waals surface area (Å²) in [6, 6.07) is 9.00. The monoisotopic (exact) mass is 398 g/mol. The van der Waals surface area contributed by atoms with Crippen LogP contribution in [0.2, 0.25) is 0 Å². The second-order valence-electron chi connectivity index (χ2n) is 5.37. The first-order valence-corrected chi connectivity index (χ1v) is 8.21. The van der Waals surface area contributed by atoms with Crippen LogP contribution in [0.15, 0.2) is 48.5 Å². The number of nitrogens with one attached hydrogen (secondary N) is 1. The number of carbonyl (C=O) groups excluding carboxylic acids is 1. The van der Waals surface area contributed by atoms with Gasteiger partial charge in [-0.3, -0.25) is 4.79 Å². The molecule has 0 radical (unpaired) electrons. The van der Waals surface area contributed by atoms with E-state index >= 15 is 0 Å². The summed E-state index contributed by atoms with van der Waals surface area (Å²) in [4.78, 5) is 10.8. The fraction of sp³-hybridized carbons (Fsp3) is 0.278. The number of ether oxygens (including phenoxy) is 1. The van der Waals surface area contributed by atoms with Gasteiger partial charge in [0.05, 0.1) is 5.56 Å². The molecule has 10 heteroatoms. The fourth-order valence-corrected chi connectivity index (χ4v) is 2.01. The van der Waals surface area contributed by atoms with Crippen LogP contribution in [0.4, 0.5) is 4.39 Å². The third kappa shape index (κ3) is 6.23. The molecule has 0 aliphatic rings. The van der Waals surface area contributed by atoms with Gasteiger partial charge in [-0.2, -0.15) is 0 Å². The molecule has 0 bridgehead atoms. The van der Waals surface area contributed by atoms with Gasteiger partial charge in [-0.1, -0.05) is 19.9 Å². The van der Waals surface area contributed by atoms with Gasteiger partial charge < -0.3 is 36.0 Å². The Morgan fingerprint density at radius 3 is 2.14 bits per heavy atom. The predicted molar refractivity (Wildman–Crippen MR) is 95.4 cm³/mol. The predicted octanol–water partition coefficient (Wildman–Crippen LogP) is -0.486. The summed E-state index contributed by atoms with van der Waals surface area (Å²) in [6.45, 7) is 4.00. The number of rotatable bonds is 7. The van der Waals surface area contributed by atoms with E-state index in [0.29, 0.717) is 0 Å². The number of halogens is 1. The summed E-state index contributed by atoms with van der Waals surface area (Å²) in [7, 11) is 0. The SMILES string of the molecule is CC.NC(=O)C(O)NC(O)(O)c1ccc(OC(O)(O)c2cccc(F)c2)cc1. The maximum Gasteiger partial charge on any atom is 0.351 e. The molecule has 0 heterocycles. The van der Waals surface area contributed by atoms with Crippen LogP contribution >= 0.6 is 0 Å². The smallest absolute Gasteiger partial charge is 0.351 e. The Morgan fingerprint density at radius 1 is 1.07 bits per heavy atom. The second-order valence-corrected chi connectivity index (χ2v) is 5.37. The number of aliphatic hydroxyl groups excluding tert-OH is 1. The van der Waals surface area contributed by atoms with Gasteiger partial charge in [0.1, 0.15) is 11.6 Å².